The second-order valence-electron chi connectivity index (χ2n) is 3.50. The molecule has 8 nitrogen and oxygen atoms in total. The Balaban J connectivity index is 2.27. The van der Waals surface area contributed by atoms with Gasteiger partial charge in [0.25, 0.3) is 11.6 Å². The van der Waals surface area contributed by atoms with Gasteiger partial charge in [-0.15, -0.1) is 5.10 Å². The molecule has 0 saturated carbocycles. The van der Waals surface area contributed by atoms with Gasteiger partial charge >= 0.3 is 6.01 Å². The number of nitrogens with one attached hydrogen (secondary N) is 1. The molecule has 0 aliphatic carbocycles. The van der Waals surface area contributed by atoms with E-state index in [1.807, 2.05) is 0 Å². The molecule has 19 heavy (non-hydrogen) atoms. The van der Waals surface area contributed by atoms with Crippen molar-refractivity contribution < 1.29 is 18.5 Å². The minimum Gasteiger partial charge on any atom is -0.408 e. The third kappa shape index (κ3) is 2.70. The van der Waals surface area contributed by atoms with Gasteiger partial charge < -0.3 is 4.42 Å². The van der Waals surface area contributed by atoms with Gasteiger partial charge in [-0.3, -0.25) is 20.2 Å². The fourth-order valence-electron chi connectivity index (χ4n) is 1.31. The molecular weight excluding hydrogens is 259 g/mol. The Morgan fingerprint density at radius 1 is 1.47 bits per heavy atom. The van der Waals surface area contributed by atoms with E-state index in [9.17, 15) is 19.3 Å². The SMILES string of the molecule is Cc1nnc(NC(=O)c2cc([N+](=O)[O-])ccc2F)o1. The lowest BCUT2D eigenvalue weighted by molar-refractivity contribution is -0.384. The molecule has 0 aliphatic rings. The summed E-state index contributed by atoms with van der Waals surface area (Å²) in [6, 6.07) is 2.41. The smallest absolute Gasteiger partial charge is 0.322 e. The first-order chi connectivity index (χ1) is 8.97. The van der Waals surface area contributed by atoms with E-state index in [-0.39, 0.29) is 11.9 Å². The third-order valence-corrected chi connectivity index (χ3v) is 2.15. The topological polar surface area (TPSA) is 111 Å². The number of anilines is 1. The van der Waals surface area contributed by atoms with Crippen LogP contribution < -0.4 is 5.32 Å². The lowest BCUT2D eigenvalue weighted by atomic mass is 10.2. The maximum absolute atomic E-state index is 13.4. The van der Waals surface area contributed by atoms with Crippen molar-refractivity contribution >= 4 is 17.6 Å². The van der Waals surface area contributed by atoms with Gasteiger partial charge in [-0.2, -0.15) is 0 Å². The summed E-state index contributed by atoms with van der Waals surface area (Å²) in [7, 11) is 0. The Kier molecular flexibility index (Phi) is 3.19. The summed E-state index contributed by atoms with van der Waals surface area (Å²) in [5.41, 5.74) is -0.877. The normalized spacial score (nSPS) is 10.2. The van der Waals surface area contributed by atoms with Crippen LogP contribution in [0.5, 0.6) is 0 Å². The number of amides is 1. The standard InChI is InChI=1S/C10H7FN4O4/c1-5-13-14-10(19-5)12-9(16)7-4-6(15(17)18)2-3-8(7)11/h2-4H,1H3,(H,12,14,16). The molecule has 2 rings (SSSR count). The molecule has 0 unspecified atom stereocenters. The summed E-state index contributed by atoms with van der Waals surface area (Å²) in [5.74, 6) is -1.58. The largest absolute Gasteiger partial charge is 0.408 e. The van der Waals surface area contributed by atoms with E-state index in [2.05, 4.69) is 15.5 Å². The van der Waals surface area contributed by atoms with Crippen molar-refractivity contribution in [3.8, 4) is 0 Å². The van der Waals surface area contributed by atoms with Gasteiger partial charge in [-0.1, -0.05) is 5.10 Å². The zero-order chi connectivity index (χ0) is 14.0. The second kappa shape index (κ2) is 4.80. The predicted octanol–water partition coefficient (Wildman–Crippen LogP) is 1.68. The van der Waals surface area contributed by atoms with E-state index < -0.39 is 27.9 Å². The molecule has 0 bridgehead atoms. The highest BCUT2D eigenvalue weighted by molar-refractivity contribution is 6.03. The number of aryl methyl sites for hydroxylation is 1. The molecule has 0 fully saturated rings. The minimum atomic E-state index is -0.912. The molecule has 1 aromatic heterocycles. The molecule has 1 amide bonds. The van der Waals surface area contributed by atoms with E-state index in [0.717, 1.165) is 18.2 Å². The van der Waals surface area contributed by atoms with Crippen LogP contribution in [0.1, 0.15) is 16.2 Å². The first kappa shape index (κ1) is 12.6. The first-order valence-electron chi connectivity index (χ1n) is 5.03. The molecule has 1 N–H and O–H groups in total. The number of hydrogen-bond donors (Lipinski definition) is 1. The fourth-order valence-corrected chi connectivity index (χ4v) is 1.31. The molecule has 9 heteroatoms. The van der Waals surface area contributed by atoms with E-state index in [0.29, 0.717) is 0 Å². The number of non-ortho nitro benzene ring substituents is 1. The Morgan fingerprint density at radius 2 is 2.21 bits per heavy atom. The van der Waals surface area contributed by atoms with Crippen LogP contribution in [0.4, 0.5) is 16.1 Å². The zero-order valence-corrected chi connectivity index (χ0v) is 9.58. The van der Waals surface area contributed by atoms with E-state index in [4.69, 9.17) is 4.42 Å². The van der Waals surface area contributed by atoms with Gasteiger partial charge in [0.2, 0.25) is 5.89 Å². The van der Waals surface area contributed by atoms with Gasteiger partial charge in [0.1, 0.15) is 5.82 Å². The summed E-state index contributed by atoms with van der Waals surface area (Å²) in [6.45, 7) is 1.51. The van der Waals surface area contributed by atoms with Crippen LogP contribution in [-0.4, -0.2) is 21.0 Å². The number of carbonyl (C=O) groups is 1. The number of nitrogens with zero attached hydrogens (tertiary/aromatic N) is 3. The summed E-state index contributed by atoms with van der Waals surface area (Å²) in [4.78, 5) is 21.5. The van der Waals surface area contributed by atoms with Gasteiger partial charge in [0, 0.05) is 19.1 Å². The zero-order valence-electron chi connectivity index (χ0n) is 9.58. The fraction of sp³-hybridized carbons (Fsp3) is 0.100. The number of aromatic nitrogens is 2. The number of halogens is 1. The minimum absolute atomic E-state index is 0.214. The van der Waals surface area contributed by atoms with Crippen LogP contribution in [0.3, 0.4) is 0 Å². The van der Waals surface area contributed by atoms with Crippen LogP contribution in [0, 0.1) is 22.9 Å². The molecule has 2 aromatic rings. The van der Waals surface area contributed by atoms with Crippen LogP contribution in [0.2, 0.25) is 0 Å². The Hall–Kier alpha value is -2.84. The van der Waals surface area contributed by atoms with Gasteiger partial charge in [-0.25, -0.2) is 4.39 Å². The van der Waals surface area contributed by atoms with Gasteiger partial charge in [-0.05, 0) is 6.07 Å². The van der Waals surface area contributed by atoms with Crippen molar-refractivity contribution in [1.82, 2.24) is 10.2 Å². The summed E-state index contributed by atoms with van der Waals surface area (Å²) >= 11 is 0. The molecule has 0 aliphatic heterocycles. The molecule has 0 saturated heterocycles. The second-order valence-corrected chi connectivity index (χ2v) is 3.50. The van der Waals surface area contributed by atoms with Crippen LogP contribution in [0.25, 0.3) is 0 Å². The van der Waals surface area contributed by atoms with Crippen molar-refractivity contribution in [3.63, 3.8) is 0 Å². The number of rotatable bonds is 3. The molecule has 0 radical (unpaired) electrons. The summed E-state index contributed by atoms with van der Waals surface area (Å²) in [6.07, 6.45) is 0. The van der Waals surface area contributed by atoms with Crippen molar-refractivity contribution in [2.75, 3.05) is 5.32 Å². The maximum atomic E-state index is 13.4. The summed E-state index contributed by atoms with van der Waals surface area (Å²) < 4.78 is 18.3. The van der Waals surface area contributed by atoms with Crippen molar-refractivity contribution in [2.45, 2.75) is 6.92 Å². The predicted molar refractivity (Wildman–Crippen MR) is 60.0 cm³/mol. The molecule has 98 valence electrons. The average molecular weight is 266 g/mol. The monoisotopic (exact) mass is 266 g/mol. The van der Waals surface area contributed by atoms with E-state index in [1.54, 1.807) is 0 Å². The molecule has 1 aromatic carbocycles. The molecule has 1 heterocycles. The van der Waals surface area contributed by atoms with Gasteiger partial charge in [0.05, 0.1) is 10.5 Å². The number of benzene rings is 1. The molecule has 0 spiro atoms. The van der Waals surface area contributed by atoms with Gasteiger partial charge in [0.15, 0.2) is 0 Å². The highest BCUT2D eigenvalue weighted by Gasteiger charge is 2.18. The van der Waals surface area contributed by atoms with Crippen LogP contribution in [-0.2, 0) is 0 Å². The number of hydrogen-bond acceptors (Lipinski definition) is 6. The summed E-state index contributed by atoms with van der Waals surface area (Å²) in [5, 5.41) is 19.7. The molecule has 0 atom stereocenters. The lowest BCUT2D eigenvalue weighted by Gasteiger charge is -2.02. The van der Waals surface area contributed by atoms with Crippen molar-refractivity contribution in [1.29, 1.82) is 0 Å². The van der Waals surface area contributed by atoms with Crippen molar-refractivity contribution in [2.24, 2.45) is 0 Å². The Morgan fingerprint density at radius 3 is 2.79 bits per heavy atom. The lowest BCUT2D eigenvalue weighted by Crippen LogP contribution is -2.14. The Bertz CT molecular complexity index is 655. The average Bonchev–Trinajstić information content (AvgIpc) is 2.74. The number of carbonyl (C=O) groups excluding carboxylic acids is 1. The van der Waals surface area contributed by atoms with Crippen LogP contribution >= 0.6 is 0 Å². The highest BCUT2D eigenvalue weighted by Crippen LogP contribution is 2.18. The number of nitro groups is 1. The third-order valence-electron chi connectivity index (χ3n) is 2.15. The van der Waals surface area contributed by atoms with Crippen molar-refractivity contribution in [3.05, 3.63) is 45.6 Å². The highest BCUT2D eigenvalue weighted by atomic mass is 19.1. The van der Waals surface area contributed by atoms with E-state index in [1.165, 1.54) is 6.92 Å². The number of nitro benzene ring substituents is 1. The first-order valence-corrected chi connectivity index (χ1v) is 5.03. The van der Waals surface area contributed by atoms with E-state index >= 15 is 0 Å². The Labute approximate surface area is 105 Å². The quantitative estimate of drug-likeness (QED) is 0.668. The molecular formula is C10H7FN4O4. The van der Waals surface area contributed by atoms with Crippen LogP contribution in [0.15, 0.2) is 22.6 Å². The maximum Gasteiger partial charge on any atom is 0.322 e.